The first-order valence-corrected chi connectivity index (χ1v) is 9.61. The van der Waals surface area contributed by atoms with Crippen LogP contribution in [0.1, 0.15) is 24.2 Å². The molecule has 0 saturated heterocycles. The van der Waals surface area contributed by atoms with E-state index in [9.17, 15) is 19.5 Å². The molecule has 11 nitrogen and oxygen atoms in total. The highest BCUT2D eigenvalue weighted by Gasteiger charge is 2.16. The van der Waals surface area contributed by atoms with Crippen LogP contribution in [0.15, 0.2) is 41.2 Å². The van der Waals surface area contributed by atoms with Crippen molar-refractivity contribution >= 4 is 28.7 Å². The van der Waals surface area contributed by atoms with E-state index >= 15 is 0 Å². The van der Waals surface area contributed by atoms with Crippen molar-refractivity contribution in [1.29, 1.82) is 0 Å². The number of rotatable bonds is 6. The van der Waals surface area contributed by atoms with Crippen LogP contribution in [0.3, 0.4) is 0 Å². The predicted molar refractivity (Wildman–Crippen MR) is 116 cm³/mol. The quantitative estimate of drug-likeness (QED) is 0.359. The maximum atomic E-state index is 12.3. The second-order valence-electron chi connectivity index (χ2n) is 6.81. The van der Waals surface area contributed by atoms with Crippen LogP contribution in [0.25, 0.3) is 33.7 Å². The molecule has 0 radical (unpaired) electrons. The van der Waals surface area contributed by atoms with Crippen LogP contribution in [0.4, 0.5) is 5.69 Å². The molecule has 2 aromatic heterocycles. The number of carboxylic acids is 1. The van der Waals surface area contributed by atoms with Crippen molar-refractivity contribution in [3.05, 3.63) is 52.3 Å². The molecular formula is C21H18N6O5. The van der Waals surface area contributed by atoms with Gasteiger partial charge in [0, 0.05) is 6.92 Å². The van der Waals surface area contributed by atoms with Gasteiger partial charge in [0.15, 0.2) is 11.2 Å². The molecule has 0 fully saturated rings. The Hall–Kier alpha value is -4.54. The topological polar surface area (TPSA) is 163 Å². The number of amides is 1. The lowest BCUT2D eigenvalue weighted by Gasteiger charge is -2.13. The van der Waals surface area contributed by atoms with Crippen LogP contribution in [0.5, 0.6) is 5.75 Å². The van der Waals surface area contributed by atoms with Gasteiger partial charge < -0.3 is 20.1 Å². The highest BCUT2D eigenvalue weighted by atomic mass is 16.5. The van der Waals surface area contributed by atoms with Crippen LogP contribution < -0.4 is 15.6 Å². The number of carbonyl (C=O) groups is 2. The molecule has 0 atom stereocenters. The van der Waals surface area contributed by atoms with Crippen LogP contribution in [-0.4, -0.2) is 49.0 Å². The summed E-state index contributed by atoms with van der Waals surface area (Å²) in [5.74, 6) is -0.812. The highest BCUT2D eigenvalue weighted by Crippen LogP contribution is 2.34. The minimum absolute atomic E-state index is 0.0390. The Bertz CT molecular complexity index is 1410. The van der Waals surface area contributed by atoms with Gasteiger partial charge in [0.2, 0.25) is 5.91 Å². The van der Waals surface area contributed by atoms with Crippen LogP contribution in [-0.2, 0) is 4.79 Å². The zero-order valence-corrected chi connectivity index (χ0v) is 17.1. The Morgan fingerprint density at radius 1 is 1.16 bits per heavy atom. The van der Waals surface area contributed by atoms with E-state index in [1.807, 2.05) is 6.92 Å². The Morgan fingerprint density at radius 3 is 2.62 bits per heavy atom. The number of nitrogens with zero attached hydrogens (tertiary/aromatic N) is 3. The number of ether oxygens (including phenoxy) is 1. The van der Waals surface area contributed by atoms with E-state index in [0.717, 1.165) is 0 Å². The molecule has 0 aliphatic carbocycles. The van der Waals surface area contributed by atoms with Crippen molar-refractivity contribution < 1.29 is 19.4 Å². The fourth-order valence-corrected chi connectivity index (χ4v) is 3.26. The molecule has 4 aromatic rings. The Morgan fingerprint density at radius 2 is 1.91 bits per heavy atom. The average Bonchev–Trinajstić information content (AvgIpc) is 3.23. The number of carbonyl (C=O) groups excluding carboxylic acids is 1. The van der Waals surface area contributed by atoms with E-state index in [0.29, 0.717) is 29.0 Å². The van der Waals surface area contributed by atoms with Crippen molar-refractivity contribution in [3.63, 3.8) is 0 Å². The van der Waals surface area contributed by atoms with Gasteiger partial charge in [-0.1, -0.05) is 17.3 Å². The smallest absolute Gasteiger partial charge is 0.337 e. The molecule has 0 aliphatic heterocycles. The number of aromatic amines is 2. The molecule has 4 rings (SSSR count). The summed E-state index contributed by atoms with van der Waals surface area (Å²) in [6.45, 7) is 3.48. The number of aromatic carboxylic acids is 1. The fraction of sp³-hybridized carbons (Fsp3) is 0.143. The monoisotopic (exact) mass is 434 g/mol. The number of aromatic nitrogens is 5. The van der Waals surface area contributed by atoms with Gasteiger partial charge in [-0.15, -0.1) is 5.10 Å². The first kappa shape index (κ1) is 20.7. The third-order valence-corrected chi connectivity index (χ3v) is 4.63. The van der Waals surface area contributed by atoms with Gasteiger partial charge in [0.25, 0.3) is 5.56 Å². The standard InChI is InChI=1S/C21H18N6O5/c1-3-32-16-9-12(11-5-7-15(22-10(2)28)14(8-11)21(30)31)4-6-13(16)18-23-19-17(20(29)24-18)25-27-26-19/h4-9H,3H2,1-2H3,(H,22,28)(H,30,31)(H2,23,24,25,26,27,29). The first-order chi connectivity index (χ1) is 15.4. The molecule has 0 bridgehead atoms. The van der Waals surface area contributed by atoms with Gasteiger partial charge in [-0.2, -0.15) is 0 Å². The molecule has 0 aliphatic rings. The van der Waals surface area contributed by atoms with Crippen molar-refractivity contribution in [2.24, 2.45) is 0 Å². The van der Waals surface area contributed by atoms with Crippen molar-refractivity contribution in [2.45, 2.75) is 13.8 Å². The van der Waals surface area contributed by atoms with E-state index in [1.54, 1.807) is 24.3 Å². The zero-order chi connectivity index (χ0) is 22.8. The van der Waals surface area contributed by atoms with Crippen molar-refractivity contribution in [3.8, 4) is 28.3 Å². The fourth-order valence-electron chi connectivity index (χ4n) is 3.26. The minimum Gasteiger partial charge on any atom is -0.493 e. The zero-order valence-electron chi connectivity index (χ0n) is 17.1. The summed E-state index contributed by atoms with van der Waals surface area (Å²) in [7, 11) is 0. The second-order valence-corrected chi connectivity index (χ2v) is 6.81. The minimum atomic E-state index is -1.17. The summed E-state index contributed by atoms with van der Waals surface area (Å²) < 4.78 is 5.76. The molecule has 2 heterocycles. The Kier molecular flexibility index (Phi) is 5.37. The number of hydrogen-bond acceptors (Lipinski definition) is 7. The summed E-state index contributed by atoms with van der Waals surface area (Å²) in [6, 6.07) is 9.91. The van der Waals surface area contributed by atoms with E-state index in [-0.39, 0.29) is 34.1 Å². The number of anilines is 1. The number of nitrogens with one attached hydrogen (secondary N) is 3. The second kappa shape index (κ2) is 8.30. The van der Waals surface area contributed by atoms with Gasteiger partial charge in [-0.3, -0.25) is 9.59 Å². The Labute approximate surface area is 180 Å². The highest BCUT2D eigenvalue weighted by molar-refractivity contribution is 6.01. The lowest BCUT2D eigenvalue weighted by molar-refractivity contribution is -0.114. The average molecular weight is 434 g/mol. The number of H-pyrrole nitrogens is 2. The van der Waals surface area contributed by atoms with E-state index in [4.69, 9.17) is 4.74 Å². The molecule has 0 spiro atoms. The summed E-state index contributed by atoms with van der Waals surface area (Å²) in [5, 5.41) is 21.9. The molecule has 1 amide bonds. The lowest BCUT2D eigenvalue weighted by Crippen LogP contribution is -2.11. The first-order valence-electron chi connectivity index (χ1n) is 9.61. The number of fused-ring (bicyclic) bond motifs is 1. The van der Waals surface area contributed by atoms with Gasteiger partial charge in [-0.25, -0.2) is 14.9 Å². The summed E-state index contributed by atoms with van der Waals surface area (Å²) in [4.78, 5) is 42.3. The molecule has 0 saturated carbocycles. The van der Waals surface area contributed by atoms with Crippen LogP contribution in [0, 0.1) is 0 Å². The normalized spacial score (nSPS) is 10.8. The maximum Gasteiger partial charge on any atom is 0.337 e. The Balaban J connectivity index is 1.81. The molecule has 0 unspecified atom stereocenters. The maximum absolute atomic E-state index is 12.3. The van der Waals surface area contributed by atoms with E-state index in [1.165, 1.54) is 19.1 Å². The molecule has 162 valence electrons. The van der Waals surface area contributed by atoms with Crippen molar-refractivity contribution in [1.82, 2.24) is 25.4 Å². The third-order valence-electron chi connectivity index (χ3n) is 4.63. The lowest BCUT2D eigenvalue weighted by atomic mass is 9.99. The molecule has 32 heavy (non-hydrogen) atoms. The SMILES string of the molecule is CCOc1cc(-c2ccc(NC(C)=O)c(C(=O)O)c2)ccc1-c1nc2[nH]nnc2c(=O)[nH]1. The van der Waals surface area contributed by atoms with Crippen molar-refractivity contribution in [2.75, 3.05) is 11.9 Å². The number of carboxylic acid groups (broad SMARTS) is 1. The van der Waals surface area contributed by atoms with Crippen LogP contribution in [0.2, 0.25) is 0 Å². The largest absolute Gasteiger partial charge is 0.493 e. The number of benzene rings is 2. The predicted octanol–water partition coefficient (Wildman–Crippen LogP) is 2.43. The van der Waals surface area contributed by atoms with Gasteiger partial charge >= 0.3 is 5.97 Å². The summed E-state index contributed by atoms with van der Waals surface area (Å²) in [6.07, 6.45) is 0. The molecule has 2 aromatic carbocycles. The van der Waals surface area contributed by atoms with Crippen LogP contribution >= 0.6 is 0 Å². The van der Waals surface area contributed by atoms with E-state index in [2.05, 4.69) is 30.7 Å². The molecule has 4 N–H and O–H groups in total. The third kappa shape index (κ3) is 3.90. The number of hydrogen-bond donors (Lipinski definition) is 4. The molecule has 11 heteroatoms. The van der Waals surface area contributed by atoms with E-state index < -0.39 is 11.5 Å². The van der Waals surface area contributed by atoms with Gasteiger partial charge in [0.05, 0.1) is 23.4 Å². The summed E-state index contributed by atoms with van der Waals surface area (Å²) in [5.41, 5.74) is 1.90. The molecular weight excluding hydrogens is 416 g/mol. The van der Waals surface area contributed by atoms with Gasteiger partial charge in [-0.05, 0) is 42.3 Å². The summed E-state index contributed by atoms with van der Waals surface area (Å²) >= 11 is 0. The van der Waals surface area contributed by atoms with Gasteiger partial charge in [0.1, 0.15) is 11.6 Å².